The van der Waals surface area contributed by atoms with E-state index < -0.39 is 11.9 Å². The van der Waals surface area contributed by atoms with Crippen molar-refractivity contribution in [2.45, 2.75) is 25.5 Å². The molecule has 29 heavy (non-hydrogen) atoms. The van der Waals surface area contributed by atoms with Crippen LogP contribution >= 0.6 is 15.9 Å². The minimum atomic E-state index is -0.638. The Morgan fingerprint density at radius 3 is 2.79 bits per heavy atom. The molecule has 6 nitrogen and oxygen atoms in total. The summed E-state index contributed by atoms with van der Waals surface area (Å²) in [5.74, 6) is -0.749. The molecule has 1 aliphatic heterocycles. The Kier molecular flexibility index (Phi) is 5.67. The molecule has 0 aliphatic carbocycles. The summed E-state index contributed by atoms with van der Waals surface area (Å²) >= 11 is 3.23. The molecule has 2 aromatic heterocycles. The fourth-order valence-corrected chi connectivity index (χ4v) is 4.35. The Balaban J connectivity index is 1.47. The fraction of sp³-hybridized carbons (Fsp3) is 0.333. The number of aliphatic hydroxyl groups excluding tert-OH is 1. The number of fused-ring (bicyclic) bond motifs is 1. The van der Waals surface area contributed by atoms with E-state index in [2.05, 4.69) is 20.9 Å². The van der Waals surface area contributed by atoms with Gasteiger partial charge in [0, 0.05) is 36.5 Å². The van der Waals surface area contributed by atoms with Gasteiger partial charge in [-0.1, -0.05) is 24.3 Å². The topological polar surface area (TPSA) is 83.9 Å². The van der Waals surface area contributed by atoms with Gasteiger partial charge >= 0.3 is 0 Å². The lowest BCUT2D eigenvalue weighted by atomic mass is 9.86. The summed E-state index contributed by atoms with van der Waals surface area (Å²) in [4.78, 5) is 18.6. The second-order valence-electron chi connectivity index (χ2n) is 7.41. The van der Waals surface area contributed by atoms with Crippen LogP contribution in [0.15, 0.2) is 47.2 Å². The van der Waals surface area contributed by atoms with Crippen LogP contribution in [0.5, 0.6) is 0 Å². The van der Waals surface area contributed by atoms with E-state index in [9.17, 15) is 14.3 Å². The van der Waals surface area contributed by atoms with Crippen molar-refractivity contribution in [3.63, 3.8) is 0 Å². The second kappa shape index (κ2) is 8.22. The van der Waals surface area contributed by atoms with Gasteiger partial charge in [-0.2, -0.15) is 0 Å². The zero-order chi connectivity index (χ0) is 20.5. The first-order valence-electron chi connectivity index (χ1n) is 9.54. The van der Waals surface area contributed by atoms with E-state index in [-0.39, 0.29) is 29.7 Å². The van der Waals surface area contributed by atoms with Crippen LogP contribution < -0.4 is 5.73 Å². The minimum Gasteiger partial charge on any atom is -0.391 e. The molecule has 0 radical (unpaired) electrons. The third kappa shape index (κ3) is 4.05. The normalized spacial score (nSPS) is 19.7. The highest BCUT2D eigenvalue weighted by Gasteiger charge is 2.32. The van der Waals surface area contributed by atoms with Gasteiger partial charge in [0.05, 0.1) is 6.10 Å². The first kappa shape index (κ1) is 20.0. The number of likely N-dealkylation sites (tertiary alicyclic amines) is 1. The van der Waals surface area contributed by atoms with E-state index in [4.69, 9.17) is 5.73 Å². The van der Waals surface area contributed by atoms with Crippen LogP contribution in [0.4, 0.5) is 4.39 Å². The summed E-state index contributed by atoms with van der Waals surface area (Å²) in [6, 6.07) is 9.28. The molecule has 1 fully saturated rings. The lowest BCUT2D eigenvalue weighted by molar-refractivity contribution is 0.0194. The molecule has 0 bridgehead atoms. The number of halogens is 2. The molecule has 0 spiro atoms. The summed E-state index contributed by atoms with van der Waals surface area (Å²) in [6.07, 6.45) is 3.93. The van der Waals surface area contributed by atoms with Crippen molar-refractivity contribution in [1.82, 2.24) is 14.3 Å². The van der Waals surface area contributed by atoms with Crippen LogP contribution in [0.25, 0.3) is 5.65 Å². The first-order chi connectivity index (χ1) is 14.0. The largest absolute Gasteiger partial charge is 0.391 e. The number of nitrogens with two attached hydrogens (primary N) is 1. The number of nitrogens with zero attached hydrogens (tertiary/aromatic N) is 3. The average molecular weight is 461 g/mol. The highest BCUT2D eigenvalue weighted by molar-refractivity contribution is 9.10. The number of rotatable bonds is 4. The molecule has 3 aromatic rings. The summed E-state index contributed by atoms with van der Waals surface area (Å²) in [5.41, 5.74) is 8.30. The number of β-amino-alcohol motifs (C(OH)–C–C–N with tert-alkyl or cyclic N) is 1. The van der Waals surface area contributed by atoms with Crippen LogP contribution in [-0.2, 0) is 13.0 Å². The van der Waals surface area contributed by atoms with Crippen molar-refractivity contribution in [3.8, 4) is 0 Å². The molecule has 2 atom stereocenters. The van der Waals surface area contributed by atoms with Gasteiger partial charge in [0.25, 0.3) is 5.91 Å². The van der Waals surface area contributed by atoms with Gasteiger partial charge in [-0.15, -0.1) is 0 Å². The Labute approximate surface area is 176 Å². The lowest BCUT2D eigenvalue weighted by Crippen LogP contribution is -2.47. The summed E-state index contributed by atoms with van der Waals surface area (Å²) < 4.78 is 16.1. The highest BCUT2D eigenvalue weighted by atomic mass is 79.9. The van der Waals surface area contributed by atoms with Gasteiger partial charge in [-0.3, -0.25) is 4.79 Å². The number of hydrogen-bond acceptors (Lipinski definition) is 4. The quantitative estimate of drug-likeness (QED) is 0.626. The SMILES string of the molecule is NCc1ccccc1CC1CCN(C(=O)c2cn3cc(Br)cc(F)c3n2)C[C@H]1O. The maximum atomic E-state index is 14.1. The predicted molar refractivity (Wildman–Crippen MR) is 111 cm³/mol. The summed E-state index contributed by atoms with van der Waals surface area (Å²) in [7, 11) is 0. The van der Waals surface area contributed by atoms with Crippen molar-refractivity contribution in [1.29, 1.82) is 0 Å². The molecule has 0 saturated carbocycles. The Hall–Kier alpha value is -2.29. The third-order valence-electron chi connectivity index (χ3n) is 5.52. The standard InChI is InChI=1S/C21H22BrFN4O2/c22-16-8-17(23)20-25-18(11-27(20)10-16)21(29)26-6-5-14(19(28)12-26)7-13-3-1-2-4-15(13)9-24/h1-4,8,10-11,14,19,28H,5-7,9,12,24H2/t14?,19-/m1/s1. The molecule has 4 rings (SSSR count). The molecule has 1 saturated heterocycles. The van der Waals surface area contributed by atoms with Crippen molar-refractivity contribution >= 4 is 27.5 Å². The molecule has 1 aliphatic rings. The molecule has 3 N–H and O–H groups in total. The summed E-state index contributed by atoms with van der Waals surface area (Å²) in [5, 5.41) is 10.7. The van der Waals surface area contributed by atoms with Crippen molar-refractivity contribution < 1.29 is 14.3 Å². The van der Waals surface area contributed by atoms with Crippen LogP contribution in [0.3, 0.4) is 0 Å². The van der Waals surface area contributed by atoms with Crippen molar-refractivity contribution in [2.75, 3.05) is 13.1 Å². The van der Waals surface area contributed by atoms with Gasteiger partial charge in [-0.05, 0) is 51.9 Å². The number of carbonyl (C=O) groups is 1. The van der Waals surface area contributed by atoms with Crippen molar-refractivity contribution in [3.05, 3.63) is 69.8 Å². The maximum Gasteiger partial charge on any atom is 0.274 e. The number of amides is 1. The van der Waals surface area contributed by atoms with Gasteiger partial charge in [0.1, 0.15) is 5.69 Å². The zero-order valence-corrected chi connectivity index (χ0v) is 17.3. The molecule has 3 heterocycles. The first-order valence-corrected chi connectivity index (χ1v) is 10.3. The number of aliphatic hydroxyl groups is 1. The lowest BCUT2D eigenvalue weighted by Gasteiger charge is -2.36. The maximum absolute atomic E-state index is 14.1. The van der Waals surface area contributed by atoms with Crippen LogP contribution in [-0.4, -0.2) is 44.5 Å². The zero-order valence-electron chi connectivity index (χ0n) is 15.8. The van der Waals surface area contributed by atoms with E-state index in [0.29, 0.717) is 24.0 Å². The Morgan fingerprint density at radius 2 is 2.07 bits per heavy atom. The number of benzene rings is 1. The molecule has 1 unspecified atom stereocenters. The monoisotopic (exact) mass is 460 g/mol. The molecule has 152 valence electrons. The Morgan fingerprint density at radius 1 is 1.31 bits per heavy atom. The number of hydrogen-bond donors (Lipinski definition) is 2. The third-order valence-corrected chi connectivity index (χ3v) is 5.95. The molecule has 1 aromatic carbocycles. The van der Waals surface area contributed by atoms with Crippen LogP contribution in [0.1, 0.15) is 28.0 Å². The van der Waals surface area contributed by atoms with E-state index >= 15 is 0 Å². The molecule has 8 heteroatoms. The van der Waals surface area contributed by atoms with Crippen LogP contribution in [0, 0.1) is 11.7 Å². The second-order valence-corrected chi connectivity index (χ2v) is 8.32. The number of carbonyl (C=O) groups excluding carboxylic acids is 1. The number of pyridine rings is 1. The molecular formula is C21H22BrFN4O2. The highest BCUT2D eigenvalue weighted by Crippen LogP contribution is 2.25. The van der Waals surface area contributed by atoms with Gasteiger partial charge in [0.2, 0.25) is 0 Å². The number of piperidine rings is 1. The molecular weight excluding hydrogens is 439 g/mol. The smallest absolute Gasteiger partial charge is 0.274 e. The van der Waals surface area contributed by atoms with E-state index in [1.54, 1.807) is 11.1 Å². The van der Waals surface area contributed by atoms with E-state index in [0.717, 1.165) is 17.5 Å². The van der Waals surface area contributed by atoms with Gasteiger partial charge in [0.15, 0.2) is 11.5 Å². The van der Waals surface area contributed by atoms with Crippen LogP contribution in [0.2, 0.25) is 0 Å². The van der Waals surface area contributed by atoms with E-state index in [1.807, 2.05) is 24.3 Å². The predicted octanol–water partition coefficient (Wildman–Crippen LogP) is 2.76. The van der Waals surface area contributed by atoms with Gasteiger partial charge in [-0.25, -0.2) is 9.37 Å². The summed E-state index contributed by atoms with van der Waals surface area (Å²) in [6.45, 7) is 1.21. The minimum absolute atomic E-state index is 0.0567. The van der Waals surface area contributed by atoms with Gasteiger partial charge < -0.3 is 20.1 Å². The van der Waals surface area contributed by atoms with Crippen molar-refractivity contribution in [2.24, 2.45) is 11.7 Å². The number of imidazole rings is 1. The molecule has 1 amide bonds. The average Bonchev–Trinajstić information content (AvgIpc) is 3.13. The number of aromatic nitrogens is 2. The fourth-order valence-electron chi connectivity index (χ4n) is 3.93. The van der Waals surface area contributed by atoms with E-state index in [1.165, 1.54) is 16.7 Å². The Bertz CT molecular complexity index is 1050.